The average molecular weight is 272 g/mol. The summed E-state index contributed by atoms with van der Waals surface area (Å²) in [5.41, 5.74) is 0.228. The van der Waals surface area contributed by atoms with Crippen LogP contribution in [-0.4, -0.2) is 29.4 Å². The van der Waals surface area contributed by atoms with E-state index in [9.17, 15) is 18.3 Å². The van der Waals surface area contributed by atoms with E-state index < -0.39 is 17.9 Å². The Morgan fingerprint density at radius 3 is 2.68 bits per heavy atom. The zero-order valence-electron chi connectivity index (χ0n) is 10.5. The van der Waals surface area contributed by atoms with Crippen molar-refractivity contribution >= 4 is 5.82 Å². The number of aliphatic hydroxyl groups excluding tert-OH is 1. The minimum atomic E-state index is -4.24. The Morgan fingerprint density at radius 1 is 1.42 bits per heavy atom. The molecule has 0 bridgehead atoms. The Hall–Kier alpha value is -1.56. The molecule has 0 radical (unpaired) electrons. The van der Waals surface area contributed by atoms with Crippen LogP contribution in [0.5, 0.6) is 0 Å². The monoisotopic (exact) mass is 272 g/mol. The topological polar surface area (TPSA) is 36.4 Å². The predicted molar refractivity (Wildman–Crippen MR) is 65.8 cm³/mol. The van der Waals surface area contributed by atoms with Gasteiger partial charge in [0.1, 0.15) is 5.82 Å². The van der Waals surface area contributed by atoms with Gasteiger partial charge in [-0.2, -0.15) is 13.2 Å². The van der Waals surface area contributed by atoms with Crippen molar-refractivity contribution in [3.63, 3.8) is 0 Å². The number of hydrogen-bond donors (Lipinski definition) is 1. The van der Waals surface area contributed by atoms with Gasteiger partial charge >= 0.3 is 6.18 Å². The van der Waals surface area contributed by atoms with Crippen molar-refractivity contribution in [1.29, 1.82) is 0 Å². The van der Waals surface area contributed by atoms with Gasteiger partial charge in [0.05, 0.1) is 6.10 Å². The van der Waals surface area contributed by atoms with Crippen LogP contribution in [0.1, 0.15) is 25.0 Å². The van der Waals surface area contributed by atoms with Crippen LogP contribution in [0.15, 0.2) is 30.0 Å². The van der Waals surface area contributed by atoms with Crippen LogP contribution in [0, 0.1) is 0 Å². The van der Waals surface area contributed by atoms with Crippen LogP contribution in [0.2, 0.25) is 0 Å². The molecule has 1 atom stereocenters. The van der Waals surface area contributed by atoms with Gasteiger partial charge in [-0.05, 0) is 31.0 Å². The quantitative estimate of drug-likeness (QED) is 0.841. The Balaban J connectivity index is 2.14. The summed E-state index contributed by atoms with van der Waals surface area (Å²) in [5.74, 6) is 0.593. The molecule has 1 aromatic heterocycles. The van der Waals surface area contributed by atoms with Crippen LogP contribution in [0.4, 0.5) is 19.0 Å². The lowest BCUT2D eigenvalue weighted by Crippen LogP contribution is -2.32. The third kappa shape index (κ3) is 3.26. The molecule has 1 N–H and O–H groups in total. The molecule has 2 rings (SSSR count). The van der Waals surface area contributed by atoms with Crippen molar-refractivity contribution in [1.82, 2.24) is 4.98 Å². The fraction of sp³-hybridized carbons (Fsp3) is 0.462. The van der Waals surface area contributed by atoms with Gasteiger partial charge in [-0.15, -0.1) is 0 Å². The van der Waals surface area contributed by atoms with Crippen LogP contribution in [-0.2, 0) is 0 Å². The third-order valence-electron chi connectivity index (χ3n) is 3.15. The molecule has 0 aliphatic carbocycles. The molecule has 3 nitrogen and oxygen atoms in total. The maximum Gasteiger partial charge on any atom is 0.412 e. The van der Waals surface area contributed by atoms with Crippen LogP contribution < -0.4 is 4.90 Å². The smallest absolute Gasteiger partial charge is 0.389 e. The van der Waals surface area contributed by atoms with Gasteiger partial charge in [-0.25, -0.2) is 4.98 Å². The molecule has 0 saturated heterocycles. The van der Waals surface area contributed by atoms with E-state index in [0.717, 1.165) is 0 Å². The molecule has 104 valence electrons. The van der Waals surface area contributed by atoms with Crippen molar-refractivity contribution in [2.75, 3.05) is 18.0 Å². The second-order valence-corrected chi connectivity index (χ2v) is 4.55. The summed E-state index contributed by atoms with van der Waals surface area (Å²) in [4.78, 5) is 5.90. The molecule has 0 fully saturated rings. The standard InChI is InChI=1S/C13H15F3N2O/c1-9(19)10-2-5-17-12(8-10)18-6-3-11(4-7-18)13(14,15)16/h2-3,5,8-9,19H,4,6-7H2,1H3. The average Bonchev–Trinajstić information content (AvgIpc) is 2.38. The first kappa shape index (κ1) is 13.9. The van der Waals surface area contributed by atoms with E-state index in [4.69, 9.17) is 0 Å². The summed E-state index contributed by atoms with van der Waals surface area (Å²) in [7, 11) is 0. The number of halogens is 3. The van der Waals surface area contributed by atoms with E-state index in [0.29, 0.717) is 11.4 Å². The van der Waals surface area contributed by atoms with Gasteiger partial charge in [0.25, 0.3) is 0 Å². The van der Waals surface area contributed by atoms with E-state index in [2.05, 4.69) is 4.98 Å². The number of pyridine rings is 1. The molecule has 2 heterocycles. The second-order valence-electron chi connectivity index (χ2n) is 4.55. The molecule has 6 heteroatoms. The molecule has 1 unspecified atom stereocenters. The van der Waals surface area contributed by atoms with Crippen molar-refractivity contribution in [2.45, 2.75) is 25.6 Å². The molecule has 0 aromatic carbocycles. The maximum absolute atomic E-state index is 12.5. The molecule has 1 aromatic rings. The highest BCUT2D eigenvalue weighted by atomic mass is 19.4. The van der Waals surface area contributed by atoms with Gasteiger partial charge < -0.3 is 10.0 Å². The van der Waals surface area contributed by atoms with Gasteiger partial charge in [0, 0.05) is 24.9 Å². The lowest BCUT2D eigenvalue weighted by molar-refractivity contribution is -0.0944. The fourth-order valence-corrected chi connectivity index (χ4v) is 2.00. The third-order valence-corrected chi connectivity index (χ3v) is 3.15. The normalized spacial score (nSPS) is 18.2. The van der Waals surface area contributed by atoms with E-state index in [1.165, 1.54) is 6.08 Å². The summed E-state index contributed by atoms with van der Waals surface area (Å²) in [6.45, 7) is 2.10. The zero-order valence-corrected chi connectivity index (χ0v) is 10.5. The highest BCUT2D eigenvalue weighted by Gasteiger charge is 2.34. The lowest BCUT2D eigenvalue weighted by Gasteiger charge is -2.28. The van der Waals surface area contributed by atoms with E-state index >= 15 is 0 Å². The van der Waals surface area contributed by atoms with Gasteiger partial charge in [0.2, 0.25) is 0 Å². The number of aromatic nitrogens is 1. The molecule has 0 spiro atoms. The first-order chi connectivity index (χ1) is 8.88. The zero-order chi connectivity index (χ0) is 14.0. The van der Waals surface area contributed by atoms with Crippen molar-refractivity contribution in [3.8, 4) is 0 Å². The first-order valence-electron chi connectivity index (χ1n) is 6.03. The minimum Gasteiger partial charge on any atom is -0.389 e. The van der Waals surface area contributed by atoms with Crippen LogP contribution in [0.3, 0.4) is 0 Å². The van der Waals surface area contributed by atoms with E-state index in [-0.39, 0.29) is 19.5 Å². The molecular weight excluding hydrogens is 257 g/mol. The number of anilines is 1. The molecule has 1 aliphatic heterocycles. The van der Waals surface area contributed by atoms with Gasteiger partial charge in [0.15, 0.2) is 0 Å². The van der Waals surface area contributed by atoms with Crippen LogP contribution in [0.25, 0.3) is 0 Å². The SMILES string of the molecule is CC(O)c1ccnc(N2CC=C(C(F)(F)F)CC2)c1. The second kappa shape index (κ2) is 5.21. The molecular formula is C13H15F3N2O. The summed E-state index contributed by atoms with van der Waals surface area (Å²) >= 11 is 0. The first-order valence-corrected chi connectivity index (χ1v) is 6.03. The largest absolute Gasteiger partial charge is 0.412 e. The number of aliphatic hydroxyl groups is 1. The summed E-state index contributed by atoms with van der Waals surface area (Å²) in [5, 5.41) is 9.49. The predicted octanol–water partition coefficient (Wildman–Crippen LogP) is 2.83. The van der Waals surface area contributed by atoms with E-state index in [1.807, 2.05) is 0 Å². The molecule has 0 saturated carbocycles. The Bertz CT molecular complexity index is 483. The molecule has 0 amide bonds. The lowest BCUT2D eigenvalue weighted by atomic mass is 10.1. The van der Waals surface area contributed by atoms with Crippen molar-refractivity contribution in [2.24, 2.45) is 0 Å². The van der Waals surface area contributed by atoms with E-state index in [1.54, 1.807) is 30.2 Å². The number of alkyl halides is 3. The summed E-state index contributed by atoms with van der Waals surface area (Å²) in [6, 6.07) is 3.40. The minimum absolute atomic E-state index is 0.0376. The fourth-order valence-electron chi connectivity index (χ4n) is 2.00. The maximum atomic E-state index is 12.5. The van der Waals surface area contributed by atoms with Gasteiger partial charge in [-0.1, -0.05) is 6.08 Å². The number of hydrogen-bond acceptors (Lipinski definition) is 3. The summed E-state index contributed by atoms with van der Waals surface area (Å²) < 4.78 is 37.5. The van der Waals surface area contributed by atoms with Crippen molar-refractivity contribution in [3.05, 3.63) is 35.5 Å². The highest BCUT2D eigenvalue weighted by molar-refractivity contribution is 5.44. The Morgan fingerprint density at radius 2 is 2.16 bits per heavy atom. The van der Waals surface area contributed by atoms with Crippen molar-refractivity contribution < 1.29 is 18.3 Å². The highest BCUT2D eigenvalue weighted by Crippen LogP contribution is 2.31. The van der Waals surface area contributed by atoms with Gasteiger partial charge in [-0.3, -0.25) is 0 Å². The number of nitrogens with zero attached hydrogens (tertiary/aromatic N) is 2. The Kier molecular flexibility index (Phi) is 3.80. The summed E-state index contributed by atoms with van der Waals surface area (Å²) in [6.07, 6.45) is -2.14. The number of rotatable bonds is 2. The van der Waals surface area contributed by atoms with Crippen LogP contribution >= 0.6 is 0 Å². The molecule has 1 aliphatic rings. The Labute approximate surface area is 109 Å². The molecule has 19 heavy (non-hydrogen) atoms.